The molecule has 0 spiro atoms. The summed E-state index contributed by atoms with van der Waals surface area (Å²) < 4.78 is 23.4. The van der Waals surface area contributed by atoms with Gasteiger partial charge >= 0.3 is 93.1 Å². The van der Waals surface area contributed by atoms with Gasteiger partial charge < -0.3 is 0 Å². The SMILES string of the molecule is O=I(O)(c1ccccc1)c1ccccc1. The van der Waals surface area contributed by atoms with Gasteiger partial charge in [0.15, 0.2) is 0 Å². The van der Waals surface area contributed by atoms with Gasteiger partial charge in [-0.05, 0) is 0 Å². The van der Waals surface area contributed by atoms with Crippen molar-refractivity contribution in [1.82, 2.24) is 0 Å². The van der Waals surface area contributed by atoms with E-state index in [-0.39, 0.29) is 0 Å². The summed E-state index contributed by atoms with van der Waals surface area (Å²) in [5.41, 5.74) is 0. The van der Waals surface area contributed by atoms with Crippen molar-refractivity contribution in [3.63, 3.8) is 0 Å². The molecule has 0 amide bonds. The number of halogens is 1. The van der Waals surface area contributed by atoms with Crippen LogP contribution in [0.2, 0.25) is 0 Å². The van der Waals surface area contributed by atoms with E-state index in [1.165, 1.54) is 0 Å². The molecule has 0 fully saturated rings. The van der Waals surface area contributed by atoms with Gasteiger partial charge in [0.2, 0.25) is 0 Å². The molecule has 0 bridgehead atoms. The van der Waals surface area contributed by atoms with Gasteiger partial charge in [-0.15, -0.1) is 0 Å². The Morgan fingerprint density at radius 1 is 0.733 bits per heavy atom. The summed E-state index contributed by atoms with van der Waals surface area (Å²) in [6, 6.07) is 17.6. The van der Waals surface area contributed by atoms with Gasteiger partial charge in [0.25, 0.3) is 0 Å². The second-order valence-corrected chi connectivity index (χ2v) is 8.35. The van der Waals surface area contributed by atoms with Gasteiger partial charge in [0.1, 0.15) is 0 Å². The monoisotopic (exact) mass is 314 g/mol. The normalized spacial score (nSPS) is 12.3. The molecule has 0 saturated carbocycles. The zero-order valence-electron chi connectivity index (χ0n) is 8.01. The molecule has 0 unspecified atom stereocenters. The summed E-state index contributed by atoms with van der Waals surface area (Å²) >= 11 is -4.16. The Morgan fingerprint density at radius 3 is 1.40 bits per heavy atom. The molecule has 0 radical (unpaired) electrons. The first-order chi connectivity index (χ1) is 7.21. The molecule has 2 nitrogen and oxygen atoms in total. The van der Waals surface area contributed by atoms with Crippen molar-refractivity contribution < 1.29 is 6.51 Å². The summed E-state index contributed by atoms with van der Waals surface area (Å²) in [5.74, 6) is 0. The fraction of sp³-hybridized carbons (Fsp3) is 0. The van der Waals surface area contributed by atoms with Gasteiger partial charge in [-0.2, -0.15) is 0 Å². The molecule has 0 aliphatic carbocycles. The van der Waals surface area contributed by atoms with E-state index >= 15 is 0 Å². The fourth-order valence-corrected chi connectivity index (χ4v) is 4.80. The first kappa shape index (κ1) is 10.4. The summed E-state index contributed by atoms with van der Waals surface area (Å²) in [6.45, 7) is 0. The van der Waals surface area contributed by atoms with Gasteiger partial charge in [-0.3, -0.25) is 0 Å². The van der Waals surface area contributed by atoms with Crippen LogP contribution in [-0.2, 0) is 3.07 Å². The molecular formula is C12H11IO2. The average molecular weight is 314 g/mol. The van der Waals surface area contributed by atoms with Crippen LogP contribution in [0, 0.1) is 7.14 Å². The molecule has 2 rings (SSSR count). The zero-order chi connectivity index (χ0) is 10.7. The Morgan fingerprint density at radius 2 is 1.07 bits per heavy atom. The van der Waals surface area contributed by atoms with Crippen LogP contribution in [0.3, 0.4) is 0 Å². The molecule has 0 aliphatic heterocycles. The van der Waals surface area contributed by atoms with Gasteiger partial charge in [0.05, 0.1) is 0 Å². The molecule has 0 heterocycles. The van der Waals surface area contributed by atoms with Crippen molar-refractivity contribution in [2.75, 3.05) is 0 Å². The van der Waals surface area contributed by atoms with Crippen LogP contribution in [0.1, 0.15) is 0 Å². The Hall–Kier alpha value is -1.07. The summed E-state index contributed by atoms with van der Waals surface area (Å²) in [4.78, 5) is 0. The third-order valence-corrected chi connectivity index (χ3v) is 6.87. The second kappa shape index (κ2) is 4.20. The van der Waals surface area contributed by atoms with Crippen LogP contribution >= 0.6 is 18.8 Å². The predicted molar refractivity (Wildman–Crippen MR) is 67.2 cm³/mol. The zero-order valence-corrected chi connectivity index (χ0v) is 10.2. The van der Waals surface area contributed by atoms with E-state index in [0.717, 1.165) is 0 Å². The third-order valence-electron chi connectivity index (χ3n) is 2.06. The van der Waals surface area contributed by atoms with Crippen LogP contribution in [0.25, 0.3) is 0 Å². The minimum atomic E-state index is -4.16. The van der Waals surface area contributed by atoms with Crippen molar-refractivity contribution in [3.05, 3.63) is 67.8 Å². The molecule has 2 aromatic rings. The van der Waals surface area contributed by atoms with Crippen LogP contribution in [0.4, 0.5) is 0 Å². The quantitative estimate of drug-likeness (QED) is 0.865. The average Bonchev–Trinajstić information content (AvgIpc) is 2.31. The maximum absolute atomic E-state index is 12.2. The molecule has 0 aliphatic rings. The van der Waals surface area contributed by atoms with Gasteiger partial charge in [-0.1, -0.05) is 0 Å². The third kappa shape index (κ3) is 2.13. The minimum absolute atomic E-state index is 0.538. The Bertz CT molecular complexity index is 436. The van der Waals surface area contributed by atoms with Crippen molar-refractivity contribution in [2.45, 2.75) is 0 Å². The van der Waals surface area contributed by atoms with E-state index in [1.54, 1.807) is 48.5 Å². The number of hydrogen-bond donors (Lipinski definition) is 1. The van der Waals surface area contributed by atoms with E-state index in [4.69, 9.17) is 0 Å². The molecule has 15 heavy (non-hydrogen) atoms. The van der Waals surface area contributed by atoms with Crippen molar-refractivity contribution in [1.29, 1.82) is 0 Å². The predicted octanol–water partition coefficient (Wildman–Crippen LogP) is 3.02. The number of rotatable bonds is 2. The van der Waals surface area contributed by atoms with E-state index in [1.807, 2.05) is 12.1 Å². The number of hydrogen-bond acceptors (Lipinski definition) is 1. The topological polar surface area (TPSA) is 37.3 Å². The summed E-state index contributed by atoms with van der Waals surface area (Å²) in [6.07, 6.45) is 0. The van der Waals surface area contributed by atoms with Crippen molar-refractivity contribution in [2.24, 2.45) is 0 Å². The summed E-state index contributed by atoms with van der Waals surface area (Å²) in [5, 5.41) is 0. The maximum atomic E-state index is 12.2. The van der Waals surface area contributed by atoms with Crippen LogP contribution in [0.5, 0.6) is 0 Å². The Balaban J connectivity index is 2.50. The van der Waals surface area contributed by atoms with Gasteiger partial charge in [0, 0.05) is 0 Å². The van der Waals surface area contributed by atoms with Crippen molar-refractivity contribution >= 4 is 18.8 Å². The Labute approximate surface area is 93.0 Å². The van der Waals surface area contributed by atoms with Crippen molar-refractivity contribution in [3.8, 4) is 0 Å². The molecule has 0 aromatic heterocycles. The Kier molecular flexibility index (Phi) is 2.93. The molecule has 2 aromatic carbocycles. The second-order valence-electron chi connectivity index (χ2n) is 3.08. The number of benzene rings is 2. The standard InChI is InChI=1S/C12H11IO2/c14-13(15,11-7-3-1-4-8-11)12-9-5-2-6-10-12/h1-10H,(H,14,15). The van der Waals surface area contributed by atoms with Crippen LogP contribution in [-0.4, -0.2) is 3.44 Å². The molecular weight excluding hydrogens is 303 g/mol. The molecule has 1 N–H and O–H groups in total. The van der Waals surface area contributed by atoms with Crippen LogP contribution < -0.4 is 0 Å². The fourth-order valence-electron chi connectivity index (χ4n) is 1.30. The summed E-state index contributed by atoms with van der Waals surface area (Å²) in [7, 11) is 0. The molecule has 3 heteroatoms. The van der Waals surface area contributed by atoms with E-state index in [2.05, 4.69) is 0 Å². The first-order valence-corrected chi connectivity index (χ1v) is 8.53. The first-order valence-electron chi connectivity index (χ1n) is 4.52. The molecule has 0 atom stereocenters. The van der Waals surface area contributed by atoms with E-state index in [0.29, 0.717) is 7.14 Å². The van der Waals surface area contributed by atoms with Crippen LogP contribution in [0.15, 0.2) is 60.7 Å². The molecule has 0 saturated heterocycles. The molecule has 78 valence electrons. The van der Waals surface area contributed by atoms with E-state index < -0.39 is 18.8 Å². The van der Waals surface area contributed by atoms with Gasteiger partial charge in [-0.25, -0.2) is 0 Å². The van der Waals surface area contributed by atoms with E-state index in [9.17, 15) is 6.51 Å².